The minimum Gasteiger partial charge on any atom is -0.344 e. The molecule has 0 amide bonds. The standard InChI is InChI=1S/C22H23N/c1-4-10-18(11-5-1)21-16-17-23(20-14-8-3-9-15-20)22(21)19-12-6-2-7-13-19/h1-2,4-7,10-13,16-17,20H,3,8-9,14-15H2. The van der Waals surface area contributed by atoms with E-state index in [1.807, 2.05) is 0 Å². The molecule has 1 saturated carbocycles. The van der Waals surface area contributed by atoms with Crippen LogP contribution in [0, 0.1) is 0 Å². The largest absolute Gasteiger partial charge is 0.344 e. The number of hydrogen-bond donors (Lipinski definition) is 0. The minimum atomic E-state index is 0.649. The maximum Gasteiger partial charge on any atom is 0.0562 e. The lowest BCUT2D eigenvalue weighted by atomic mass is 9.94. The second kappa shape index (κ2) is 6.45. The molecule has 0 unspecified atom stereocenters. The molecule has 0 aliphatic heterocycles. The van der Waals surface area contributed by atoms with Gasteiger partial charge in [0, 0.05) is 17.8 Å². The summed E-state index contributed by atoms with van der Waals surface area (Å²) in [5, 5.41) is 0. The molecule has 1 heterocycles. The molecule has 0 radical (unpaired) electrons. The number of nitrogens with zero attached hydrogens (tertiary/aromatic N) is 1. The normalized spacial score (nSPS) is 15.7. The smallest absolute Gasteiger partial charge is 0.0562 e. The Balaban J connectivity index is 1.85. The fourth-order valence-electron chi connectivity index (χ4n) is 3.86. The molecule has 1 aliphatic rings. The maximum atomic E-state index is 2.54. The van der Waals surface area contributed by atoms with Crippen molar-refractivity contribution in [1.29, 1.82) is 0 Å². The molecule has 23 heavy (non-hydrogen) atoms. The summed E-state index contributed by atoms with van der Waals surface area (Å²) < 4.78 is 2.54. The van der Waals surface area contributed by atoms with Crippen molar-refractivity contribution in [2.75, 3.05) is 0 Å². The summed E-state index contributed by atoms with van der Waals surface area (Å²) in [5.74, 6) is 0. The van der Waals surface area contributed by atoms with E-state index in [0.29, 0.717) is 6.04 Å². The van der Waals surface area contributed by atoms with E-state index in [1.54, 1.807) is 0 Å². The topological polar surface area (TPSA) is 4.93 Å². The Bertz CT molecular complexity index is 749. The zero-order valence-corrected chi connectivity index (χ0v) is 13.5. The molecule has 3 aromatic rings. The lowest BCUT2D eigenvalue weighted by molar-refractivity contribution is 0.356. The van der Waals surface area contributed by atoms with Gasteiger partial charge in [0.15, 0.2) is 0 Å². The fourth-order valence-corrected chi connectivity index (χ4v) is 3.86. The summed E-state index contributed by atoms with van der Waals surface area (Å²) in [4.78, 5) is 0. The van der Waals surface area contributed by atoms with Gasteiger partial charge in [0.05, 0.1) is 5.69 Å². The quantitative estimate of drug-likeness (QED) is 0.533. The van der Waals surface area contributed by atoms with E-state index in [4.69, 9.17) is 0 Å². The van der Waals surface area contributed by atoms with Gasteiger partial charge in [-0.3, -0.25) is 0 Å². The van der Waals surface area contributed by atoms with E-state index < -0.39 is 0 Å². The lowest BCUT2D eigenvalue weighted by Gasteiger charge is -2.26. The highest BCUT2D eigenvalue weighted by atomic mass is 15.0. The van der Waals surface area contributed by atoms with Crippen LogP contribution in [0.25, 0.3) is 22.4 Å². The third kappa shape index (κ3) is 2.84. The molecule has 1 aromatic heterocycles. The van der Waals surface area contributed by atoms with Crippen molar-refractivity contribution in [1.82, 2.24) is 4.57 Å². The van der Waals surface area contributed by atoms with Crippen LogP contribution in [0.2, 0.25) is 0 Å². The van der Waals surface area contributed by atoms with Crippen LogP contribution >= 0.6 is 0 Å². The third-order valence-electron chi connectivity index (χ3n) is 5.02. The van der Waals surface area contributed by atoms with Crippen LogP contribution in [-0.2, 0) is 0 Å². The highest BCUT2D eigenvalue weighted by Crippen LogP contribution is 2.38. The average molecular weight is 301 g/mol. The van der Waals surface area contributed by atoms with Gasteiger partial charge in [0.1, 0.15) is 0 Å². The molecule has 2 aromatic carbocycles. The van der Waals surface area contributed by atoms with Crippen LogP contribution < -0.4 is 0 Å². The molecule has 0 N–H and O–H groups in total. The third-order valence-corrected chi connectivity index (χ3v) is 5.02. The van der Waals surface area contributed by atoms with Gasteiger partial charge in [-0.05, 0) is 30.0 Å². The van der Waals surface area contributed by atoms with E-state index >= 15 is 0 Å². The number of hydrogen-bond acceptors (Lipinski definition) is 0. The summed E-state index contributed by atoms with van der Waals surface area (Å²) in [6.45, 7) is 0. The molecule has 0 saturated heterocycles. The first kappa shape index (κ1) is 14.3. The van der Waals surface area contributed by atoms with Crippen LogP contribution in [0.3, 0.4) is 0 Å². The second-order valence-electron chi connectivity index (χ2n) is 6.51. The van der Waals surface area contributed by atoms with Crippen molar-refractivity contribution in [3.63, 3.8) is 0 Å². The molecule has 1 nitrogen and oxygen atoms in total. The molecule has 1 heteroatoms. The van der Waals surface area contributed by atoms with Crippen molar-refractivity contribution in [3.8, 4) is 22.4 Å². The number of aromatic nitrogens is 1. The first-order valence-corrected chi connectivity index (χ1v) is 8.75. The van der Waals surface area contributed by atoms with Gasteiger partial charge in [-0.2, -0.15) is 0 Å². The molecule has 116 valence electrons. The van der Waals surface area contributed by atoms with Gasteiger partial charge in [0.25, 0.3) is 0 Å². The Morgan fingerprint density at radius 1 is 0.652 bits per heavy atom. The van der Waals surface area contributed by atoms with Gasteiger partial charge >= 0.3 is 0 Å². The monoisotopic (exact) mass is 301 g/mol. The molecular formula is C22H23N. The van der Waals surface area contributed by atoms with Crippen molar-refractivity contribution in [2.45, 2.75) is 38.1 Å². The zero-order valence-electron chi connectivity index (χ0n) is 13.5. The fraction of sp³-hybridized carbons (Fsp3) is 0.273. The second-order valence-corrected chi connectivity index (χ2v) is 6.51. The Hall–Kier alpha value is -2.28. The summed E-state index contributed by atoms with van der Waals surface area (Å²) in [6, 6.07) is 24.6. The summed E-state index contributed by atoms with van der Waals surface area (Å²) in [5.41, 5.74) is 5.36. The molecule has 4 rings (SSSR count). The van der Waals surface area contributed by atoms with E-state index in [9.17, 15) is 0 Å². The molecule has 0 bridgehead atoms. The maximum absolute atomic E-state index is 2.54. The molecule has 0 atom stereocenters. The Labute approximate surface area is 138 Å². The van der Waals surface area contributed by atoms with Crippen molar-refractivity contribution in [3.05, 3.63) is 72.9 Å². The van der Waals surface area contributed by atoms with E-state index in [-0.39, 0.29) is 0 Å². The van der Waals surface area contributed by atoms with Gasteiger partial charge < -0.3 is 4.57 Å². The average Bonchev–Trinajstić information content (AvgIpc) is 3.09. The van der Waals surface area contributed by atoms with Crippen LogP contribution in [0.15, 0.2) is 72.9 Å². The van der Waals surface area contributed by atoms with Crippen molar-refractivity contribution < 1.29 is 0 Å². The molecular weight excluding hydrogens is 278 g/mol. The van der Waals surface area contributed by atoms with Crippen molar-refractivity contribution >= 4 is 0 Å². The Kier molecular flexibility index (Phi) is 4.02. The molecule has 1 fully saturated rings. The number of benzene rings is 2. The highest BCUT2D eigenvalue weighted by Gasteiger charge is 2.20. The van der Waals surface area contributed by atoms with E-state index in [1.165, 1.54) is 54.5 Å². The van der Waals surface area contributed by atoms with E-state index in [2.05, 4.69) is 77.5 Å². The van der Waals surface area contributed by atoms with Gasteiger partial charge in [-0.1, -0.05) is 79.9 Å². The predicted molar refractivity (Wildman–Crippen MR) is 97.4 cm³/mol. The first-order valence-electron chi connectivity index (χ1n) is 8.75. The highest BCUT2D eigenvalue weighted by molar-refractivity contribution is 5.81. The summed E-state index contributed by atoms with van der Waals surface area (Å²) >= 11 is 0. The number of rotatable bonds is 3. The zero-order chi connectivity index (χ0) is 15.5. The summed E-state index contributed by atoms with van der Waals surface area (Å²) in [7, 11) is 0. The van der Waals surface area contributed by atoms with Crippen LogP contribution in [0.4, 0.5) is 0 Å². The van der Waals surface area contributed by atoms with Gasteiger partial charge in [0.2, 0.25) is 0 Å². The summed E-state index contributed by atoms with van der Waals surface area (Å²) in [6.07, 6.45) is 9.03. The van der Waals surface area contributed by atoms with Crippen LogP contribution in [0.1, 0.15) is 38.1 Å². The van der Waals surface area contributed by atoms with Gasteiger partial charge in [-0.25, -0.2) is 0 Å². The molecule has 1 aliphatic carbocycles. The van der Waals surface area contributed by atoms with Crippen molar-refractivity contribution in [2.24, 2.45) is 0 Å². The Morgan fingerprint density at radius 3 is 1.91 bits per heavy atom. The predicted octanol–water partition coefficient (Wildman–Crippen LogP) is 6.33. The van der Waals surface area contributed by atoms with Gasteiger partial charge in [-0.15, -0.1) is 0 Å². The van der Waals surface area contributed by atoms with Crippen LogP contribution in [-0.4, -0.2) is 4.57 Å². The minimum absolute atomic E-state index is 0.649. The first-order chi connectivity index (χ1) is 11.4. The van der Waals surface area contributed by atoms with E-state index in [0.717, 1.165) is 0 Å². The lowest BCUT2D eigenvalue weighted by Crippen LogP contribution is -2.13. The molecule has 0 spiro atoms. The SMILES string of the molecule is c1ccc(-c2ccn(C3CCCCC3)c2-c2ccccc2)cc1. The Morgan fingerprint density at radius 2 is 1.26 bits per heavy atom. The van der Waals surface area contributed by atoms with Crippen LogP contribution in [0.5, 0.6) is 0 Å².